The van der Waals surface area contributed by atoms with Crippen LogP contribution in [0.5, 0.6) is 0 Å². The molecule has 9 heteroatoms. The maximum absolute atomic E-state index is 12.6. The predicted octanol–water partition coefficient (Wildman–Crippen LogP) is 4.64. The van der Waals surface area contributed by atoms with Gasteiger partial charge in [0.15, 0.2) is 12.2 Å². The maximum Gasteiger partial charge on any atom is 0.339 e. The van der Waals surface area contributed by atoms with Crippen LogP contribution in [-0.4, -0.2) is 34.5 Å². The first kappa shape index (κ1) is 21.1. The Labute approximate surface area is 186 Å². The van der Waals surface area contributed by atoms with E-state index in [-0.39, 0.29) is 27.7 Å². The third-order valence-electron chi connectivity index (χ3n) is 4.49. The van der Waals surface area contributed by atoms with Crippen LogP contribution < -0.4 is 5.32 Å². The van der Waals surface area contributed by atoms with Gasteiger partial charge in [-0.15, -0.1) is 0 Å². The molecule has 0 aliphatic carbocycles. The number of para-hydroxylation sites is 2. The van der Waals surface area contributed by atoms with E-state index in [1.165, 1.54) is 24.3 Å². The van der Waals surface area contributed by atoms with Crippen LogP contribution in [0, 0.1) is 0 Å². The second-order valence-corrected chi connectivity index (χ2v) is 7.06. The van der Waals surface area contributed by atoms with Crippen LogP contribution in [0.25, 0.3) is 22.6 Å². The van der Waals surface area contributed by atoms with Gasteiger partial charge in [-0.05, 0) is 42.5 Å². The van der Waals surface area contributed by atoms with Crippen LogP contribution in [-0.2, 0) is 9.53 Å². The zero-order valence-corrected chi connectivity index (χ0v) is 17.1. The van der Waals surface area contributed by atoms with Gasteiger partial charge < -0.3 is 19.6 Å². The Morgan fingerprint density at radius 1 is 1.03 bits per heavy atom. The SMILES string of the molecule is O=C(COC(=O)c1ccccc1-c1nc2ccccc2o1)Nc1cc(C(=O)O)ccc1Cl. The summed E-state index contributed by atoms with van der Waals surface area (Å²) in [6.07, 6.45) is 0. The number of aromatic nitrogens is 1. The molecule has 0 unspecified atom stereocenters. The Bertz CT molecular complexity index is 1310. The van der Waals surface area contributed by atoms with Crippen molar-refractivity contribution in [3.8, 4) is 11.5 Å². The summed E-state index contributed by atoms with van der Waals surface area (Å²) in [6, 6.07) is 17.7. The van der Waals surface area contributed by atoms with E-state index in [9.17, 15) is 14.4 Å². The number of oxazole rings is 1. The number of esters is 1. The molecule has 32 heavy (non-hydrogen) atoms. The zero-order chi connectivity index (χ0) is 22.7. The fourth-order valence-electron chi connectivity index (χ4n) is 2.98. The normalized spacial score (nSPS) is 10.7. The van der Waals surface area contributed by atoms with Gasteiger partial charge in [0.05, 0.1) is 27.4 Å². The number of hydrogen-bond donors (Lipinski definition) is 2. The number of amides is 1. The lowest BCUT2D eigenvalue weighted by Gasteiger charge is -2.10. The van der Waals surface area contributed by atoms with Crippen molar-refractivity contribution in [1.29, 1.82) is 0 Å². The van der Waals surface area contributed by atoms with E-state index >= 15 is 0 Å². The minimum atomic E-state index is -1.17. The van der Waals surface area contributed by atoms with Crippen LogP contribution in [0.3, 0.4) is 0 Å². The summed E-state index contributed by atoms with van der Waals surface area (Å²) in [6.45, 7) is -0.603. The van der Waals surface area contributed by atoms with Gasteiger partial charge >= 0.3 is 11.9 Å². The summed E-state index contributed by atoms with van der Waals surface area (Å²) < 4.78 is 10.9. The number of carboxylic acid groups (broad SMARTS) is 1. The van der Waals surface area contributed by atoms with Crippen LogP contribution in [0.2, 0.25) is 5.02 Å². The number of nitrogens with one attached hydrogen (secondary N) is 1. The van der Waals surface area contributed by atoms with Gasteiger partial charge in [-0.25, -0.2) is 14.6 Å². The molecule has 0 saturated carbocycles. The van der Waals surface area contributed by atoms with Crippen LogP contribution in [0.1, 0.15) is 20.7 Å². The molecule has 0 saturated heterocycles. The number of anilines is 1. The van der Waals surface area contributed by atoms with Gasteiger partial charge in [0.2, 0.25) is 5.89 Å². The summed E-state index contributed by atoms with van der Waals surface area (Å²) in [4.78, 5) is 40.4. The van der Waals surface area contributed by atoms with E-state index in [4.69, 9.17) is 25.9 Å². The Balaban J connectivity index is 1.48. The Hall–Kier alpha value is -4.17. The molecule has 1 amide bonds. The minimum absolute atomic E-state index is 0.0473. The first-order valence-electron chi connectivity index (χ1n) is 9.37. The summed E-state index contributed by atoms with van der Waals surface area (Å²) in [5.41, 5.74) is 1.87. The van der Waals surface area contributed by atoms with Crippen molar-refractivity contribution in [3.63, 3.8) is 0 Å². The Morgan fingerprint density at radius 2 is 1.78 bits per heavy atom. The number of rotatable bonds is 6. The zero-order valence-electron chi connectivity index (χ0n) is 16.4. The summed E-state index contributed by atoms with van der Waals surface area (Å²) in [5.74, 6) is -2.34. The van der Waals surface area contributed by atoms with Crippen molar-refractivity contribution in [2.75, 3.05) is 11.9 Å². The van der Waals surface area contributed by atoms with Crippen molar-refractivity contribution < 1.29 is 28.6 Å². The maximum atomic E-state index is 12.6. The van der Waals surface area contributed by atoms with Gasteiger partial charge in [0, 0.05) is 0 Å². The van der Waals surface area contributed by atoms with Gasteiger partial charge in [-0.3, -0.25) is 4.79 Å². The quantitative estimate of drug-likeness (QED) is 0.410. The number of benzene rings is 3. The van der Waals surface area contributed by atoms with Crippen LogP contribution >= 0.6 is 11.6 Å². The molecule has 160 valence electrons. The molecule has 8 nitrogen and oxygen atoms in total. The highest BCUT2D eigenvalue weighted by Crippen LogP contribution is 2.27. The lowest BCUT2D eigenvalue weighted by atomic mass is 10.1. The molecule has 0 bridgehead atoms. The Morgan fingerprint density at radius 3 is 2.56 bits per heavy atom. The number of ether oxygens (including phenoxy) is 1. The highest BCUT2D eigenvalue weighted by molar-refractivity contribution is 6.33. The molecule has 0 aliphatic rings. The number of halogens is 1. The number of carboxylic acids is 1. The average Bonchev–Trinajstić information content (AvgIpc) is 3.23. The third-order valence-corrected chi connectivity index (χ3v) is 4.82. The molecule has 0 atom stereocenters. The molecule has 3 aromatic carbocycles. The van der Waals surface area contributed by atoms with E-state index in [0.29, 0.717) is 16.7 Å². The molecule has 4 aromatic rings. The number of hydrogen-bond acceptors (Lipinski definition) is 6. The van der Waals surface area contributed by atoms with E-state index in [2.05, 4.69) is 10.3 Å². The van der Waals surface area contributed by atoms with E-state index in [1.807, 2.05) is 12.1 Å². The number of aromatic carboxylic acids is 1. The molecule has 1 heterocycles. The highest BCUT2D eigenvalue weighted by atomic mass is 35.5. The number of nitrogens with zero attached hydrogens (tertiary/aromatic N) is 1. The van der Waals surface area contributed by atoms with Crippen molar-refractivity contribution >= 4 is 46.2 Å². The molecular weight excluding hydrogens is 436 g/mol. The first-order chi connectivity index (χ1) is 15.4. The second kappa shape index (κ2) is 8.91. The van der Waals surface area contributed by atoms with E-state index in [0.717, 1.165) is 0 Å². The van der Waals surface area contributed by atoms with Gasteiger partial charge in [-0.2, -0.15) is 0 Å². The molecular formula is C23H15ClN2O6. The van der Waals surface area contributed by atoms with Crippen LogP contribution in [0.15, 0.2) is 71.1 Å². The molecule has 0 fully saturated rings. The van der Waals surface area contributed by atoms with Crippen molar-refractivity contribution in [2.45, 2.75) is 0 Å². The average molecular weight is 451 g/mol. The molecule has 0 spiro atoms. The minimum Gasteiger partial charge on any atom is -0.478 e. The van der Waals surface area contributed by atoms with Crippen LogP contribution in [0.4, 0.5) is 5.69 Å². The van der Waals surface area contributed by atoms with Gasteiger partial charge in [0.1, 0.15) is 5.52 Å². The van der Waals surface area contributed by atoms with E-state index in [1.54, 1.807) is 30.3 Å². The standard InChI is InChI=1S/C23H15ClN2O6/c24-16-10-9-13(22(28)29)11-18(16)25-20(27)12-31-23(30)15-6-2-1-5-14(15)21-26-17-7-3-4-8-19(17)32-21/h1-11H,12H2,(H,25,27)(H,28,29). The highest BCUT2D eigenvalue weighted by Gasteiger charge is 2.19. The lowest BCUT2D eigenvalue weighted by molar-refractivity contribution is -0.119. The second-order valence-electron chi connectivity index (χ2n) is 6.66. The fraction of sp³-hybridized carbons (Fsp3) is 0.0435. The monoisotopic (exact) mass is 450 g/mol. The largest absolute Gasteiger partial charge is 0.478 e. The molecule has 0 radical (unpaired) electrons. The first-order valence-corrected chi connectivity index (χ1v) is 9.75. The van der Waals surface area contributed by atoms with Gasteiger partial charge in [0.25, 0.3) is 5.91 Å². The summed E-state index contributed by atoms with van der Waals surface area (Å²) >= 11 is 5.99. The third kappa shape index (κ3) is 4.45. The number of carbonyl (C=O) groups is 3. The Kier molecular flexibility index (Phi) is 5.87. The molecule has 2 N–H and O–H groups in total. The van der Waals surface area contributed by atoms with Crippen molar-refractivity contribution in [3.05, 3.63) is 82.9 Å². The smallest absolute Gasteiger partial charge is 0.339 e. The van der Waals surface area contributed by atoms with Gasteiger partial charge in [-0.1, -0.05) is 35.9 Å². The fourth-order valence-corrected chi connectivity index (χ4v) is 3.15. The van der Waals surface area contributed by atoms with Crippen molar-refractivity contribution in [2.24, 2.45) is 0 Å². The topological polar surface area (TPSA) is 119 Å². The number of carbonyl (C=O) groups excluding carboxylic acids is 2. The van der Waals surface area contributed by atoms with Crippen molar-refractivity contribution in [1.82, 2.24) is 4.98 Å². The molecule has 4 rings (SSSR count). The number of fused-ring (bicyclic) bond motifs is 1. The van der Waals surface area contributed by atoms with E-state index < -0.39 is 24.5 Å². The summed E-state index contributed by atoms with van der Waals surface area (Å²) in [5, 5.41) is 11.6. The molecule has 1 aromatic heterocycles. The lowest BCUT2D eigenvalue weighted by Crippen LogP contribution is -2.21. The summed E-state index contributed by atoms with van der Waals surface area (Å²) in [7, 11) is 0. The molecule has 0 aliphatic heterocycles. The predicted molar refractivity (Wildman–Crippen MR) is 117 cm³/mol.